The number of hydrogen-bond acceptors (Lipinski definition) is 3. The van der Waals surface area contributed by atoms with Crippen molar-refractivity contribution in [2.45, 2.75) is 38.1 Å². The summed E-state index contributed by atoms with van der Waals surface area (Å²) in [5.74, 6) is 0.910. The van der Waals surface area contributed by atoms with E-state index in [4.69, 9.17) is 5.73 Å². The van der Waals surface area contributed by atoms with Crippen molar-refractivity contribution in [2.24, 2.45) is 11.7 Å². The molecule has 2 fully saturated rings. The highest BCUT2D eigenvalue weighted by Gasteiger charge is 2.26. The van der Waals surface area contributed by atoms with Gasteiger partial charge in [0.05, 0.1) is 0 Å². The van der Waals surface area contributed by atoms with Crippen molar-refractivity contribution in [1.29, 1.82) is 0 Å². The predicted octanol–water partition coefficient (Wildman–Crippen LogP) is 1.14. The highest BCUT2D eigenvalue weighted by atomic mass is 15.2. The monoisotopic (exact) mass is 225 g/mol. The van der Waals surface area contributed by atoms with Gasteiger partial charge in [-0.15, -0.1) is 0 Å². The molecule has 0 aliphatic carbocycles. The topological polar surface area (TPSA) is 32.5 Å². The van der Waals surface area contributed by atoms with Gasteiger partial charge in [-0.1, -0.05) is 0 Å². The number of piperidine rings is 2. The minimum Gasteiger partial charge on any atom is -0.330 e. The zero-order valence-corrected chi connectivity index (χ0v) is 10.7. The summed E-state index contributed by atoms with van der Waals surface area (Å²) in [4.78, 5) is 5.19. The molecule has 3 nitrogen and oxygen atoms in total. The Labute approximate surface area is 100.0 Å². The van der Waals surface area contributed by atoms with Crippen LogP contribution in [0.5, 0.6) is 0 Å². The number of likely N-dealkylation sites (tertiary alicyclic amines) is 2. The molecule has 2 heterocycles. The maximum absolute atomic E-state index is 5.63. The van der Waals surface area contributed by atoms with Crippen LogP contribution in [0.15, 0.2) is 0 Å². The van der Waals surface area contributed by atoms with Crippen LogP contribution < -0.4 is 5.73 Å². The third kappa shape index (κ3) is 3.19. The van der Waals surface area contributed by atoms with Gasteiger partial charge in [-0.25, -0.2) is 0 Å². The fraction of sp³-hybridized carbons (Fsp3) is 1.00. The molecule has 0 atom stereocenters. The first-order valence-corrected chi connectivity index (χ1v) is 6.92. The van der Waals surface area contributed by atoms with Gasteiger partial charge in [-0.2, -0.15) is 0 Å². The van der Waals surface area contributed by atoms with Gasteiger partial charge in [0.1, 0.15) is 0 Å². The molecule has 0 aromatic rings. The van der Waals surface area contributed by atoms with Gasteiger partial charge in [0.25, 0.3) is 0 Å². The van der Waals surface area contributed by atoms with Crippen molar-refractivity contribution >= 4 is 0 Å². The van der Waals surface area contributed by atoms with Gasteiger partial charge in [0.2, 0.25) is 0 Å². The van der Waals surface area contributed by atoms with Crippen LogP contribution in [0.25, 0.3) is 0 Å². The Morgan fingerprint density at radius 1 is 1.00 bits per heavy atom. The van der Waals surface area contributed by atoms with Crippen molar-refractivity contribution in [3.8, 4) is 0 Å². The normalized spacial score (nSPS) is 27.4. The summed E-state index contributed by atoms with van der Waals surface area (Å²) in [6, 6.07) is 0.870. The summed E-state index contributed by atoms with van der Waals surface area (Å²) in [6.07, 6.45) is 6.74. The predicted molar refractivity (Wildman–Crippen MR) is 68.5 cm³/mol. The number of nitrogens with two attached hydrogens (primary N) is 1. The Morgan fingerprint density at radius 2 is 1.62 bits per heavy atom. The summed E-state index contributed by atoms with van der Waals surface area (Å²) in [5.41, 5.74) is 5.63. The van der Waals surface area contributed by atoms with Crippen LogP contribution in [-0.4, -0.2) is 55.6 Å². The summed E-state index contributed by atoms with van der Waals surface area (Å²) < 4.78 is 0. The lowest BCUT2D eigenvalue weighted by atomic mass is 9.91. The van der Waals surface area contributed by atoms with E-state index in [0.29, 0.717) is 0 Å². The molecule has 2 aliphatic rings. The van der Waals surface area contributed by atoms with Crippen LogP contribution in [0.3, 0.4) is 0 Å². The highest BCUT2D eigenvalue weighted by molar-refractivity contribution is 4.82. The van der Waals surface area contributed by atoms with E-state index < -0.39 is 0 Å². The Morgan fingerprint density at radius 3 is 2.19 bits per heavy atom. The van der Waals surface area contributed by atoms with E-state index in [1.807, 2.05) is 0 Å². The van der Waals surface area contributed by atoms with Crippen LogP contribution in [0.2, 0.25) is 0 Å². The second-order valence-corrected chi connectivity index (χ2v) is 5.59. The summed E-state index contributed by atoms with van der Waals surface area (Å²) in [5, 5.41) is 0. The summed E-state index contributed by atoms with van der Waals surface area (Å²) in [6.45, 7) is 6.08. The second kappa shape index (κ2) is 5.99. The van der Waals surface area contributed by atoms with Crippen LogP contribution >= 0.6 is 0 Å². The molecule has 0 aromatic carbocycles. The number of hydrogen-bond donors (Lipinski definition) is 1. The van der Waals surface area contributed by atoms with Gasteiger partial charge in [0.15, 0.2) is 0 Å². The van der Waals surface area contributed by atoms with Crippen LogP contribution in [0.4, 0.5) is 0 Å². The van der Waals surface area contributed by atoms with E-state index in [9.17, 15) is 0 Å². The highest BCUT2D eigenvalue weighted by Crippen LogP contribution is 2.24. The molecule has 3 heteroatoms. The van der Waals surface area contributed by atoms with Crippen molar-refractivity contribution < 1.29 is 0 Å². The van der Waals surface area contributed by atoms with E-state index in [2.05, 4.69) is 16.8 Å². The molecule has 16 heavy (non-hydrogen) atoms. The molecule has 2 saturated heterocycles. The minimum atomic E-state index is 0.870. The molecular weight excluding hydrogens is 198 g/mol. The third-order valence-electron chi connectivity index (χ3n) is 4.43. The lowest BCUT2D eigenvalue weighted by Gasteiger charge is -2.41. The molecule has 0 radical (unpaired) electrons. The Hall–Kier alpha value is -0.120. The molecule has 2 N–H and O–H groups in total. The van der Waals surface area contributed by atoms with Gasteiger partial charge in [0, 0.05) is 6.04 Å². The zero-order valence-electron chi connectivity index (χ0n) is 10.7. The van der Waals surface area contributed by atoms with E-state index in [1.54, 1.807) is 0 Å². The van der Waals surface area contributed by atoms with Crippen LogP contribution in [0, 0.1) is 5.92 Å². The Balaban J connectivity index is 1.72. The molecule has 0 saturated carbocycles. The molecule has 0 aromatic heterocycles. The van der Waals surface area contributed by atoms with Crippen LogP contribution in [0.1, 0.15) is 32.1 Å². The van der Waals surface area contributed by atoms with Crippen LogP contribution in [-0.2, 0) is 0 Å². The van der Waals surface area contributed by atoms with Gasteiger partial charge >= 0.3 is 0 Å². The lowest BCUT2D eigenvalue weighted by Crippen LogP contribution is -2.47. The molecule has 2 rings (SSSR count). The van der Waals surface area contributed by atoms with E-state index in [0.717, 1.165) is 18.5 Å². The first-order chi connectivity index (χ1) is 7.79. The Kier molecular flexibility index (Phi) is 4.62. The quantitative estimate of drug-likeness (QED) is 0.782. The molecule has 2 aliphatic heterocycles. The standard InChI is InChI=1S/C13H27N3/c1-15-8-5-13(6-9-15)16-10-3-12(2-7-14)4-11-16/h12-13H,2-11,14H2,1H3. The first kappa shape index (κ1) is 12.3. The average Bonchev–Trinajstić information content (AvgIpc) is 2.32. The number of nitrogens with zero attached hydrogens (tertiary/aromatic N) is 2. The minimum absolute atomic E-state index is 0.870. The van der Waals surface area contributed by atoms with E-state index in [-0.39, 0.29) is 0 Å². The molecule has 94 valence electrons. The molecule has 0 bridgehead atoms. The average molecular weight is 225 g/mol. The molecule has 0 amide bonds. The first-order valence-electron chi connectivity index (χ1n) is 6.92. The van der Waals surface area contributed by atoms with Crippen molar-refractivity contribution in [1.82, 2.24) is 9.80 Å². The van der Waals surface area contributed by atoms with Gasteiger partial charge < -0.3 is 15.5 Å². The molecular formula is C13H27N3. The van der Waals surface area contributed by atoms with Crippen molar-refractivity contribution in [3.05, 3.63) is 0 Å². The maximum atomic E-state index is 5.63. The lowest BCUT2D eigenvalue weighted by molar-refractivity contribution is 0.0843. The fourth-order valence-corrected chi connectivity index (χ4v) is 3.20. The zero-order chi connectivity index (χ0) is 11.4. The SMILES string of the molecule is CN1CCC(N2CCC(CCN)CC2)CC1. The Bertz CT molecular complexity index is 191. The second-order valence-electron chi connectivity index (χ2n) is 5.59. The number of rotatable bonds is 3. The molecule has 0 unspecified atom stereocenters. The van der Waals surface area contributed by atoms with E-state index in [1.165, 1.54) is 58.3 Å². The summed E-state index contributed by atoms with van der Waals surface area (Å²) >= 11 is 0. The smallest absolute Gasteiger partial charge is 0.0120 e. The van der Waals surface area contributed by atoms with E-state index >= 15 is 0 Å². The van der Waals surface area contributed by atoms with Crippen molar-refractivity contribution in [2.75, 3.05) is 39.8 Å². The van der Waals surface area contributed by atoms with Gasteiger partial charge in [-0.3, -0.25) is 0 Å². The molecule has 0 spiro atoms. The van der Waals surface area contributed by atoms with Crippen molar-refractivity contribution in [3.63, 3.8) is 0 Å². The largest absolute Gasteiger partial charge is 0.330 e. The maximum Gasteiger partial charge on any atom is 0.0120 e. The fourth-order valence-electron chi connectivity index (χ4n) is 3.20. The summed E-state index contributed by atoms with van der Waals surface area (Å²) in [7, 11) is 2.24. The van der Waals surface area contributed by atoms with Gasteiger partial charge in [-0.05, 0) is 77.8 Å². The third-order valence-corrected chi connectivity index (χ3v) is 4.43.